The first-order valence-electron chi connectivity index (χ1n) is 6.84. The van der Waals surface area contributed by atoms with Crippen LogP contribution in [0.4, 0.5) is 0 Å². The van der Waals surface area contributed by atoms with E-state index in [-0.39, 0.29) is 0 Å². The minimum atomic E-state index is 0.352. The molecule has 17 heavy (non-hydrogen) atoms. The van der Waals surface area contributed by atoms with Crippen LogP contribution in [0.5, 0.6) is 5.75 Å². The van der Waals surface area contributed by atoms with Gasteiger partial charge in [-0.15, -0.1) is 0 Å². The predicted octanol–water partition coefficient (Wildman–Crippen LogP) is 2.69. The van der Waals surface area contributed by atoms with Gasteiger partial charge < -0.3 is 10.1 Å². The van der Waals surface area contributed by atoms with Crippen molar-refractivity contribution in [2.24, 2.45) is 0 Å². The van der Waals surface area contributed by atoms with E-state index < -0.39 is 0 Å². The van der Waals surface area contributed by atoms with E-state index >= 15 is 0 Å². The van der Waals surface area contributed by atoms with Crippen LogP contribution in [0, 0.1) is 0 Å². The molecular weight excluding hydrogens is 210 g/mol. The number of ether oxygens (including phenoxy) is 1. The molecule has 1 aromatic carbocycles. The predicted molar refractivity (Wildman–Crippen MR) is 69.6 cm³/mol. The highest BCUT2D eigenvalue weighted by Crippen LogP contribution is 2.33. The lowest BCUT2D eigenvalue weighted by Crippen LogP contribution is -2.35. The first-order valence-corrected chi connectivity index (χ1v) is 6.84. The second-order valence-electron chi connectivity index (χ2n) is 5.39. The molecule has 0 radical (unpaired) electrons. The highest BCUT2D eigenvalue weighted by Gasteiger charge is 2.23. The molecule has 1 saturated heterocycles. The van der Waals surface area contributed by atoms with Crippen LogP contribution in [0.1, 0.15) is 37.3 Å². The number of rotatable bonds is 2. The largest absolute Gasteiger partial charge is 0.490 e. The third-order valence-corrected chi connectivity index (χ3v) is 3.88. The van der Waals surface area contributed by atoms with Crippen LogP contribution in [0.2, 0.25) is 0 Å². The van der Waals surface area contributed by atoms with E-state index in [2.05, 4.69) is 30.4 Å². The standard InChI is InChI=1S/C15H21NO/c1-11-9-12-5-4-6-13(15(12)17-11)10-14-7-2-3-8-16-14/h4-6,11,14,16H,2-3,7-10H2,1H3. The number of piperidine rings is 1. The molecule has 1 fully saturated rings. The van der Waals surface area contributed by atoms with Gasteiger partial charge in [-0.2, -0.15) is 0 Å². The van der Waals surface area contributed by atoms with Gasteiger partial charge in [0.1, 0.15) is 11.9 Å². The molecule has 2 heterocycles. The molecule has 0 amide bonds. The minimum absolute atomic E-state index is 0.352. The fraction of sp³-hybridized carbons (Fsp3) is 0.600. The number of benzene rings is 1. The zero-order chi connectivity index (χ0) is 11.7. The smallest absolute Gasteiger partial charge is 0.126 e. The van der Waals surface area contributed by atoms with Gasteiger partial charge in [0.25, 0.3) is 0 Å². The topological polar surface area (TPSA) is 21.3 Å². The summed E-state index contributed by atoms with van der Waals surface area (Å²) in [6, 6.07) is 7.26. The Hall–Kier alpha value is -1.02. The number of para-hydroxylation sites is 1. The summed E-state index contributed by atoms with van der Waals surface area (Å²) < 4.78 is 5.95. The van der Waals surface area contributed by atoms with Gasteiger partial charge in [-0.25, -0.2) is 0 Å². The number of fused-ring (bicyclic) bond motifs is 1. The van der Waals surface area contributed by atoms with Crippen molar-refractivity contribution in [1.82, 2.24) is 5.32 Å². The summed E-state index contributed by atoms with van der Waals surface area (Å²) in [5.41, 5.74) is 2.79. The molecule has 0 aliphatic carbocycles. The third kappa shape index (κ3) is 2.32. The fourth-order valence-corrected chi connectivity index (χ4v) is 3.03. The van der Waals surface area contributed by atoms with E-state index in [0.717, 1.165) is 12.8 Å². The van der Waals surface area contributed by atoms with Crippen molar-refractivity contribution >= 4 is 0 Å². The molecule has 2 aliphatic rings. The van der Waals surface area contributed by atoms with Gasteiger partial charge in [0.05, 0.1) is 0 Å². The van der Waals surface area contributed by atoms with Crippen molar-refractivity contribution in [3.63, 3.8) is 0 Å². The maximum absolute atomic E-state index is 5.95. The Kier molecular flexibility index (Phi) is 3.06. The van der Waals surface area contributed by atoms with E-state index in [1.165, 1.54) is 42.7 Å². The van der Waals surface area contributed by atoms with Gasteiger partial charge in [-0.3, -0.25) is 0 Å². The molecule has 0 aromatic heterocycles. The van der Waals surface area contributed by atoms with Crippen LogP contribution >= 0.6 is 0 Å². The minimum Gasteiger partial charge on any atom is -0.490 e. The molecule has 3 rings (SSSR count). The van der Waals surface area contributed by atoms with Crippen molar-refractivity contribution in [3.05, 3.63) is 29.3 Å². The summed E-state index contributed by atoms with van der Waals surface area (Å²) in [5, 5.41) is 3.61. The maximum atomic E-state index is 5.95. The van der Waals surface area contributed by atoms with Gasteiger partial charge in [-0.05, 0) is 43.9 Å². The molecule has 2 nitrogen and oxygen atoms in total. The van der Waals surface area contributed by atoms with E-state index in [4.69, 9.17) is 4.74 Å². The van der Waals surface area contributed by atoms with Crippen LogP contribution in [-0.4, -0.2) is 18.7 Å². The van der Waals surface area contributed by atoms with Crippen molar-refractivity contribution in [2.75, 3.05) is 6.54 Å². The normalized spacial score (nSPS) is 27.6. The SMILES string of the molecule is CC1Cc2cccc(CC3CCCCN3)c2O1. The van der Waals surface area contributed by atoms with Crippen molar-refractivity contribution in [3.8, 4) is 5.75 Å². The highest BCUT2D eigenvalue weighted by atomic mass is 16.5. The number of hydrogen-bond donors (Lipinski definition) is 1. The van der Waals surface area contributed by atoms with Crippen molar-refractivity contribution in [2.45, 2.75) is 51.2 Å². The maximum Gasteiger partial charge on any atom is 0.126 e. The average Bonchev–Trinajstić information content (AvgIpc) is 2.72. The summed E-state index contributed by atoms with van der Waals surface area (Å²) in [6.07, 6.45) is 6.54. The summed E-state index contributed by atoms with van der Waals surface area (Å²) >= 11 is 0. The van der Waals surface area contributed by atoms with E-state index in [1.807, 2.05) is 0 Å². The van der Waals surface area contributed by atoms with Gasteiger partial charge in [0, 0.05) is 12.5 Å². The highest BCUT2D eigenvalue weighted by molar-refractivity contribution is 5.45. The first kappa shape index (κ1) is 11.1. The monoisotopic (exact) mass is 231 g/mol. The summed E-state index contributed by atoms with van der Waals surface area (Å²) in [6.45, 7) is 3.33. The molecule has 1 aromatic rings. The van der Waals surface area contributed by atoms with E-state index in [9.17, 15) is 0 Å². The van der Waals surface area contributed by atoms with Crippen LogP contribution in [-0.2, 0) is 12.8 Å². The number of hydrogen-bond acceptors (Lipinski definition) is 2. The quantitative estimate of drug-likeness (QED) is 0.845. The molecular formula is C15H21NO. The molecule has 2 aliphatic heterocycles. The molecule has 2 unspecified atom stereocenters. The van der Waals surface area contributed by atoms with Gasteiger partial charge in [0.2, 0.25) is 0 Å². The lowest BCUT2D eigenvalue weighted by Gasteiger charge is -2.24. The van der Waals surface area contributed by atoms with Crippen molar-refractivity contribution < 1.29 is 4.74 Å². The lowest BCUT2D eigenvalue weighted by molar-refractivity contribution is 0.251. The fourth-order valence-electron chi connectivity index (χ4n) is 3.03. The van der Waals surface area contributed by atoms with Gasteiger partial charge in [0.15, 0.2) is 0 Å². The summed E-state index contributed by atoms with van der Waals surface area (Å²) in [7, 11) is 0. The Labute approximate surface area is 103 Å². The zero-order valence-corrected chi connectivity index (χ0v) is 10.5. The number of nitrogens with one attached hydrogen (secondary N) is 1. The first-order chi connectivity index (χ1) is 8.33. The zero-order valence-electron chi connectivity index (χ0n) is 10.5. The Morgan fingerprint density at radius 3 is 3.12 bits per heavy atom. The van der Waals surface area contributed by atoms with Crippen LogP contribution < -0.4 is 10.1 Å². The van der Waals surface area contributed by atoms with Crippen molar-refractivity contribution in [1.29, 1.82) is 0 Å². The summed E-state index contributed by atoms with van der Waals surface area (Å²) in [5.74, 6) is 1.17. The Bertz CT molecular complexity index is 396. The second kappa shape index (κ2) is 4.69. The van der Waals surface area contributed by atoms with Gasteiger partial charge in [-0.1, -0.05) is 24.6 Å². The van der Waals surface area contributed by atoms with Crippen LogP contribution in [0.15, 0.2) is 18.2 Å². The third-order valence-electron chi connectivity index (χ3n) is 3.88. The second-order valence-corrected chi connectivity index (χ2v) is 5.39. The average molecular weight is 231 g/mol. The Balaban J connectivity index is 1.77. The van der Waals surface area contributed by atoms with Gasteiger partial charge >= 0.3 is 0 Å². The van der Waals surface area contributed by atoms with E-state index in [1.54, 1.807) is 0 Å². The van der Waals surface area contributed by atoms with Crippen LogP contribution in [0.25, 0.3) is 0 Å². The Morgan fingerprint density at radius 2 is 2.29 bits per heavy atom. The molecule has 0 saturated carbocycles. The molecule has 0 bridgehead atoms. The van der Waals surface area contributed by atoms with Crippen LogP contribution in [0.3, 0.4) is 0 Å². The molecule has 2 heteroatoms. The Morgan fingerprint density at radius 1 is 1.35 bits per heavy atom. The summed E-state index contributed by atoms with van der Waals surface area (Å²) in [4.78, 5) is 0. The lowest BCUT2D eigenvalue weighted by atomic mass is 9.96. The molecule has 92 valence electrons. The van der Waals surface area contributed by atoms with E-state index in [0.29, 0.717) is 12.1 Å². The molecule has 0 spiro atoms. The molecule has 2 atom stereocenters. The molecule has 1 N–H and O–H groups in total.